The molecule has 3 nitrogen and oxygen atoms in total. The van der Waals surface area contributed by atoms with Crippen molar-refractivity contribution < 1.29 is 9.53 Å². The smallest absolute Gasteiger partial charge is 0.340 e. The number of cyclic esters (lactones) is 1. The number of benzene rings is 1. The molecule has 1 aliphatic heterocycles. The minimum atomic E-state index is -0.230. The Hall–Kier alpha value is -1.35. The van der Waals surface area contributed by atoms with Gasteiger partial charge in [0, 0.05) is 11.6 Å². The Bertz CT molecular complexity index is 410. The summed E-state index contributed by atoms with van der Waals surface area (Å²) in [5.74, 6) is -0.203. The van der Waals surface area contributed by atoms with Crippen LogP contribution < -0.4 is 5.32 Å². The maximum atomic E-state index is 11.6. The molecule has 0 bridgehead atoms. The fraction of sp³-hybridized carbons (Fsp3) is 0.462. The summed E-state index contributed by atoms with van der Waals surface area (Å²) in [6.07, 6.45) is 4.71. The van der Waals surface area contributed by atoms with E-state index in [1.807, 2.05) is 24.3 Å². The van der Waals surface area contributed by atoms with Crippen LogP contribution in [0.4, 0.5) is 0 Å². The maximum Gasteiger partial charge on any atom is 0.340 e. The Morgan fingerprint density at radius 1 is 1.19 bits per heavy atom. The highest BCUT2D eigenvalue weighted by Gasteiger charge is 2.32. The van der Waals surface area contributed by atoms with Crippen LogP contribution in [0.3, 0.4) is 0 Å². The number of carbonyl (C=O) groups is 1. The van der Waals surface area contributed by atoms with Gasteiger partial charge >= 0.3 is 5.97 Å². The van der Waals surface area contributed by atoms with Gasteiger partial charge in [0.25, 0.3) is 0 Å². The number of esters is 1. The average Bonchev–Trinajstić information content (AvgIpc) is 2.90. The van der Waals surface area contributed by atoms with Crippen LogP contribution in [0.2, 0.25) is 0 Å². The molecule has 3 heteroatoms. The highest BCUT2D eigenvalue weighted by molar-refractivity contribution is 5.93. The molecule has 16 heavy (non-hydrogen) atoms. The second-order valence-electron chi connectivity index (χ2n) is 4.52. The lowest BCUT2D eigenvalue weighted by atomic mass is 10.1. The van der Waals surface area contributed by atoms with E-state index in [9.17, 15) is 4.79 Å². The van der Waals surface area contributed by atoms with Crippen molar-refractivity contribution in [3.8, 4) is 0 Å². The predicted molar refractivity (Wildman–Crippen MR) is 60.0 cm³/mol. The quantitative estimate of drug-likeness (QED) is 0.773. The van der Waals surface area contributed by atoms with Gasteiger partial charge < -0.3 is 4.74 Å². The molecule has 1 atom stereocenters. The number of hydrogen-bond acceptors (Lipinski definition) is 3. The third-order valence-corrected chi connectivity index (χ3v) is 3.43. The lowest BCUT2D eigenvalue weighted by Gasteiger charge is -2.18. The van der Waals surface area contributed by atoms with Crippen molar-refractivity contribution in [2.75, 3.05) is 0 Å². The molecule has 0 amide bonds. The molecule has 1 N–H and O–H groups in total. The molecule has 1 aliphatic carbocycles. The van der Waals surface area contributed by atoms with Crippen molar-refractivity contribution in [2.45, 2.75) is 38.0 Å². The van der Waals surface area contributed by atoms with Crippen molar-refractivity contribution in [3.05, 3.63) is 35.4 Å². The van der Waals surface area contributed by atoms with Gasteiger partial charge in [0.15, 0.2) is 6.23 Å². The summed E-state index contributed by atoms with van der Waals surface area (Å²) in [7, 11) is 0. The SMILES string of the molecule is O=C1OC(NC2CCCC2)c2ccccc21. The zero-order valence-corrected chi connectivity index (χ0v) is 9.11. The number of ether oxygens (including phenoxy) is 1. The monoisotopic (exact) mass is 217 g/mol. The minimum Gasteiger partial charge on any atom is -0.439 e. The second kappa shape index (κ2) is 3.91. The standard InChI is InChI=1S/C13H15NO2/c15-13-11-8-4-3-7-10(11)12(16-13)14-9-5-1-2-6-9/h3-4,7-9,12,14H,1-2,5-6H2. The Labute approximate surface area is 94.8 Å². The highest BCUT2D eigenvalue weighted by Crippen LogP contribution is 2.30. The van der Waals surface area contributed by atoms with E-state index in [0.717, 1.165) is 5.56 Å². The van der Waals surface area contributed by atoms with Crippen LogP contribution >= 0.6 is 0 Å². The molecule has 1 heterocycles. The summed E-state index contributed by atoms with van der Waals surface area (Å²) >= 11 is 0. The highest BCUT2D eigenvalue weighted by atomic mass is 16.6. The Morgan fingerprint density at radius 3 is 2.75 bits per heavy atom. The van der Waals surface area contributed by atoms with Gasteiger partial charge in [-0.1, -0.05) is 31.0 Å². The fourth-order valence-electron chi connectivity index (χ4n) is 2.58. The lowest BCUT2D eigenvalue weighted by Crippen LogP contribution is -2.30. The molecule has 1 aromatic rings. The fourth-order valence-corrected chi connectivity index (χ4v) is 2.58. The van der Waals surface area contributed by atoms with E-state index < -0.39 is 0 Å². The molecule has 0 radical (unpaired) electrons. The van der Waals surface area contributed by atoms with Gasteiger partial charge in [0.05, 0.1) is 5.56 Å². The predicted octanol–water partition coefficient (Wildman–Crippen LogP) is 2.39. The average molecular weight is 217 g/mol. The number of fused-ring (bicyclic) bond motifs is 1. The van der Waals surface area contributed by atoms with Gasteiger partial charge in [-0.15, -0.1) is 0 Å². The van der Waals surface area contributed by atoms with Crippen molar-refractivity contribution >= 4 is 5.97 Å². The maximum absolute atomic E-state index is 11.6. The molecular formula is C13H15NO2. The van der Waals surface area contributed by atoms with E-state index in [2.05, 4.69) is 5.32 Å². The van der Waals surface area contributed by atoms with Crippen molar-refractivity contribution in [3.63, 3.8) is 0 Å². The van der Waals surface area contributed by atoms with Gasteiger partial charge in [0.2, 0.25) is 0 Å². The molecule has 1 unspecified atom stereocenters. The third-order valence-electron chi connectivity index (χ3n) is 3.43. The lowest BCUT2D eigenvalue weighted by molar-refractivity contribution is 0.0278. The van der Waals surface area contributed by atoms with Gasteiger partial charge in [-0.2, -0.15) is 0 Å². The molecule has 1 fully saturated rings. The van der Waals surface area contributed by atoms with Crippen molar-refractivity contribution in [2.24, 2.45) is 0 Å². The molecule has 84 valence electrons. The number of nitrogens with one attached hydrogen (secondary N) is 1. The van der Waals surface area contributed by atoms with E-state index in [1.54, 1.807) is 0 Å². The normalized spacial score (nSPS) is 24.5. The molecule has 1 saturated carbocycles. The molecular weight excluding hydrogens is 202 g/mol. The van der Waals surface area contributed by atoms with E-state index in [4.69, 9.17) is 4.74 Å². The van der Waals surface area contributed by atoms with Gasteiger partial charge in [0.1, 0.15) is 0 Å². The summed E-state index contributed by atoms with van der Waals surface area (Å²) < 4.78 is 5.34. The van der Waals surface area contributed by atoms with Crippen LogP contribution in [0.25, 0.3) is 0 Å². The Morgan fingerprint density at radius 2 is 1.94 bits per heavy atom. The summed E-state index contributed by atoms with van der Waals surface area (Å²) in [4.78, 5) is 11.6. The first kappa shape index (κ1) is 9.85. The van der Waals surface area contributed by atoms with E-state index in [0.29, 0.717) is 11.6 Å². The Kier molecular flexibility index (Phi) is 2.40. The molecule has 0 saturated heterocycles. The third kappa shape index (κ3) is 1.61. The van der Waals surface area contributed by atoms with Crippen molar-refractivity contribution in [1.29, 1.82) is 0 Å². The molecule has 0 aromatic heterocycles. The summed E-state index contributed by atoms with van der Waals surface area (Å²) in [6.45, 7) is 0. The van der Waals surface area contributed by atoms with Crippen LogP contribution in [-0.2, 0) is 4.74 Å². The molecule has 1 aromatic carbocycles. The van der Waals surface area contributed by atoms with Crippen molar-refractivity contribution in [1.82, 2.24) is 5.32 Å². The zero-order valence-electron chi connectivity index (χ0n) is 9.11. The van der Waals surface area contributed by atoms with Crippen LogP contribution in [0.5, 0.6) is 0 Å². The number of rotatable bonds is 2. The first-order chi connectivity index (χ1) is 7.84. The van der Waals surface area contributed by atoms with Gasteiger partial charge in [-0.05, 0) is 18.9 Å². The van der Waals surface area contributed by atoms with Gasteiger partial charge in [-0.3, -0.25) is 5.32 Å². The summed E-state index contributed by atoms with van der Waals surface area (Å²) in [6, 6.07) is 8.12. The zero-order chi connectivity index (χ0) is 11.0. The van der Waals surface area contributed by atoms with Crippen LogP contribution in [0.1, 0.15) is 47.8 Å². The van der Waals surface area contributed by atoms with E-state index in [1.165, 1.54) is 25.7 Å². The van der Waals surface area contributed by atoms with Crippen LogP contribution in [0, 0.1) is 0 Å². The van der Waals surface area contributed by atoms with E-state index >= 15 is 0 Å². The van der Waals surface area contributed by atoms with E-state index in [-0.39, 0.29) is 12.2 Å². The topological polar surface area (TPSA) is 38.3 Å². The molecule has 2 aliphatic rings. The second-order valence-corrected chi connectivity index (χ2v) is 4.52. The van der Waals surface area contributed by atoms with Gasteiger partial charge in [-0.25, -0.2) is 4.79 Å². The summed E-state index contributed by atoms with van der Waals surface area (Å²) in [5, 5.41) is 3.42. The number of hydrogen-bond donors (Lipinski definition) is 1. The molecule has 0 spiro atoms. The summed E-state index contributed by atoms with van der Waals surface area (Å²) in [5.41, 5.74) is 1.69. The largest absolute Gasteiger partial charge is 0.439 e. The first-order valence-electron chi connectivity index (χ1n) is 5.90. The Balaban J connectivity index is 1.80. The first-order valence-corrected chi connectivity index (χ1v) is 5.90. The van der Waals surface area contributed by atoms with Crippen LogP contribution in [0.15, 0.2) is 24.3 Å². The minimum absolute atomic E-state index is 0.203. The molecule has 3 rings (SSSR count). The number of carbonyl (C=O) groups excluding carboxylic acids is 1. The van der Waals surface area contributed by atoms with Crippen LogP contribution in [-0.4, -0.2) is 12.0 Å².